The van der Waals surface area contributed by atoms with Gasteiger partial charge in [0, 0.05) is 11.6 Å². The van der Waals surface area contributed by atoms with E-state index in [1.165, 1.54) is 25.3 Å². The normalized spacial score (nSPS) is 10.3. The van der Waals surface area contributed by atoms with E-state index in [0.29, 0.717) is 22.9 Å². The van der Waals surface area contributed by atoms with Gasteiger partial charge in [-0.25, -0.2) is 4.39 Å². The first-order chi connectivity index (χ1) is 9.08. The molecule has 0 saturated heterocycles. The fourth-order valence-corrected chi connectivity index (χ4v) is 1.67. The quantitative estimate of drug-likeness (QED) is 0.920. The number of hydrogen-bond donors (Lipinski definition) is 1. The number of anilines is 1. The number of benzene rings is 1. The third-order valence-electron chi connectivity index (χ3n) is 2.49. The molecule has 0 aliphatic carbocycles. The van der Waals surface area contributed by atoms with Gasteiger partial charge in [0.2, 0.25) is 5.91 Å². The smallest absolute Gasteiger partial charge is 0.230 e. The Bertz CT molecular complexity index is 595. The summed E-state index contributed by atoms with van der Waals surface area (Å²) >= 11 is 0. The maximum atomic E-state index is 13.1. The van der Waals surface area contributed by atoms with Crippen molar-refractivity contribution in [3.05, 3.63) is 41.4 Å². The van der Waals surface area contributed by atoms with Crippen molar-refractivity contribution in [3.8, 4) is 5.75 Å². The molecule has 1 aromatic heterocycles. The minimum absolute atomic E-state index is 0.00710. The van der Waals surface area contributed by atoms with Crippen LogP contribution in [0.25, 0.3) is 0 Å². The maximum absolute atomic E-state index is 13.1. The van der Waals surface area contributed by atoms with Crippen LogP contribution in [0.4, 0.5) is 10.2 Å². The number of methoxy groups -OCH3 is 1. The van der Waals surface area contributed by atoms with E-state index in [-0.39, 0.29) is 12.3 Å². The van der Waals surface area contributed by atoms with Gasteiger partial charge in [-0.05, 0) is 25.1 Å². The molecule has 19 heavy (non-hydrogen) atoms. The van der Waals surface area contributed by atoms with Crippen LogP contribution >= 0.6 is 0 Å². The number of carbonyl (C=O) groups is 1. The Morgan fingerprint density at radius 2 is 2.26 bits per heavy atom. The molecule has 0 bridgehead atoms. The van der Waals surface area contributed by atoms with Crippen molar-refractivity contribution in [2.24, 2.45) is 0 Å². The molecule has 1 N–H and O–H groups in total. The Kier molecular flexibility index (Phi) is 3.79. The van der Waals surface area contributed by atoms with Crippen LogP contribution in [0, 0.1) is 12.7 Å². The second-order valence-electron chi connectivity index (χ2n) is 4.00. The maximum Gasteiger partial charge on any atom is 0.230 e. The molecule has 0 aliphatic heterocycles. The Balaban J connectivity index is 2.08. The van der Waals surface area contributed by atoms with Gasteiger partial charge in [-0.3, -0.25) is 4.79 Å². The number of amides is 1. The summed E-state index contributed by atoms with van der Waals surface area (Å²) in [7, 11) is 1.47. The molecule has 0 aliphatic rings. The SMILES string of the molecule is COc1ccc(F)cc1CC(=O)Nc1cc(C)on1. The summed E-state index contributed by atoms with van der Waals surface area (Å²) < 4.78 is 23.1. The second-order valence-corrected chi connectivity index (χ2v) is 4.00. The van der Waals surface area contributed by atoms with Crippen molar-refractivity contribution in [1.29, 1.82) is 0 Å². The number of hydrogen-bond acceptors (Lipinski definition) is 4. The highest BCUT2D eigenvalue weighted by Crippen LogP contribution is 2.20. The number of aryl methyl sites for hydroxylation is 1. The second kappa shape index (κ2) is 5.51. The monoisotopic (exact) mass is 264 g/mol. The first kappa shape index (κ1) is 13.1. The Morgan fingerprint density at radius 3 is 2.89 bits per heavy atom. The van der Waals surface area contributed by atoms with Gasteiger partial charge in [0.05, 0.1) is 13.5 Å². The van der Waals surface area contributed by atoms with Crippen molar-refractivity contribution in [2.75, 3.05) is 12.4 Å². The third kappa shape index (κ3) is 3.31. The summed E-state index contributed by atoms with van der Waals surface area (Å²) in [6.07, 6.45) is -0.00710. The zero-order valence-corrected chi connectivity index (χ0v) is 10.6. The number of rotatable bonds is 4. The molecule has 5 nitrogen and oxygen atoms in total. The minimum atomic E-state index is -0.416. The first-order valence-corrected chi connectivity index (χ1v) is 5.64. The Hall–Kier alpha value is -2.37. The molecule has 6 heteroatoms. The van der Waals surface area contributed by atoms with Crippen LogP contribution in [0.5, 0.6) is 5.75 Å². The number of aromatic nitrogens is 1. The first-order valence-electron chi connectivity index (χ1n) is 5.64. The predicted molar refractivity (Wildman–Crippen MR) is 66.5 cm³/mol. The molecule has 0 unspecified atom stereocenters. The van der Waals surface area contributed by atoms with Gasteiger partial charge in [0.25, 0.3) is 0 Å². The fraction of sp³-hybridized carbons (Fsp3) is 0.231. The van der Waals surface area contributed by atoms with Gasteiger partial charge in [-0.15, -0.1) is 0 Å². The molecule has 0 spiro atoms. The predicted octanol–water partition coefficient (Wildman–Crippen LogP) is 2.31. The van der Waals surface area contributed by atoms with E-state index in [0.717, 1.165) is 0 Å². The lowest BCUT2D eigenvalue weighted by atomic mass is 10.1. The van der Waals surface area contributed by atoms with Crippen LogP contribution in [0.3, 0.4) is 0 Å². The van der Waals surface area contributed by atoms with Gasteiger partial charge in [-0.1, -0.05) is 5.16 Å². The zero-order valence-electron chi connectivity index (χ0n) is 10.6. The Morgan fingerprint density at radius 1 is 1.47 bits per heavy atom. The van der Waals surface area contributed by atoms with Crippen LogP contribution in [-0.2, 0) is 11.2 Å². The molecule has 2 rings (SSSR count). The Labute approximate surface area is 109 Å². The molecule has 1 heterocycles. The molecule has 1 amide bonds. The molecular formula is C13H13FN2O3. The van der Waals surface area contributed by atoms with Crippen LogP contribution < -0.4 is 10.1 Å². The number of nitrogens with one attached hydrogen (secondary N) is 1. The summed E-state index contributed by atoms with van der Waals surface area (Å²) in [6, 6.07) is 5.63. The van der Waals surface area contributed by atoms with E-state index >= 15 is 0 Å². The molecular weight excluding hydrogens is 251 g/mol. The van der Waals surface area contributed by atoms with Crippen LogP contribution in [0.2, 0.25) is 0 Å². The highest BCUT2D eigenvalue weighted by Gasteiger charge is 2.11. The van der Waals surface area contributed by atoms with Gasteiger partial charge in [0.15, 0.2) is 5.82 Å². The van der Waals surface area contributed by atoms with E-state index in [1.807, 2.05) is 0 Å². The zero-order chi connectivity index (χ0) is 13.8. The fourth-order valence-electron chi connectivity index (χ4n) is 1.67. The molecule has 2 aromatic rings. The standard InChI is InChI=1S/C13H13FN2O3/c1-8-5-12(16-19-8)15-13(17)7-9-6-10(14)3-4-11(9)18-2/h3-6H,7H2,1-2H3,(H,15,16,17). The van der Waals surface area contributed by atoms with E-state index in [1.54, 1.807) is 13.0 Å². The van der Waals surface area contributed by atoms with Crippen molar-refractivity contribution < 1.29 is 18.4 Å². The number of halogens is 1. The molecule has 0 saturated carbocycles. The van der Waals surface area contributed by atoms with Crippen molar-refractivity contribution in [2.45, 2.75) is 13.3 Å². The largest absolute Gasteiger partial charge is 0.496 e. The summed E-state index contributed by atoms with van der Waals surface area (Å²) in [4.78, 5) is 11.8. The van der Waals surface area contributed by atoms with E-state index in [4.69, 9.17) is 9.26 Å². The highest BCUT2D eigenvalue weighted by atomic mass is 19.1. The van der Waals surface area contributed by atoms with Gasteiger partial charge >= 0.3 is 0 Å². The molecule has 0 fully saturated rings. The minimum Gasteiger partial charge on any atom is -0.496 e. The van der Waals surface area contributed by atoms with Crippen LogP contribution in [0.1, 0.15) is 11.3 Å². The summed E-state index contributed by atoms with van der Waals surface area (Å²) in [5.41, 5.74) is 0.472. The van der Waals surface area contributed by atoms with Gasteiger partial charge < -0.3 is 14.6 Å². The molecule has 1 aromatic carbocycles. The lowest BCUT2D eigenvalue weighted by molar-refractivity contribution is -0.115. The molecule has 0 radical (unpaired) electrons. The summed E-state index contributed by atoms with van der Waals surface area (Å²) in [5.74, 6) is 0.655. The lowest BCUT2D eigenvalue weighted by Gasteiger charge is -2.07. The van der Waals surface area contributed by atoms with E-state index in [2.05, 4.69) is 10.5 Å². The summed E-state index contributed by atoms with van der Waals surface area (Å²) in [5, 5.41) is 6.21. The van der Waals surface area contributed by atoms with Crippen LogP contribution in [0.15, 0.2) is 28.8 Å². The molecule has 0 atom stereocenters. The van der Waals surface area contributed by atoms with E-state index in [9.17, 15) is 9.18 Å². The third-order valence-corrected chi connectivity index (χ3v) is 2.49. The number of ether oxygens (including phenoxy) is 1. The van der Waals surface area contributed by atoms with Crippen molar-refractivity contribution in [3.63, 3.8) is 0 Å². The number of nitrogens with zero attached hydrogens (tertiary/aromatic N) is 1. The highest BCUT2D eigenvalue weighted by molar-refractivity contribution is 5.91. The van der Waals surface area contributed by atoms with Crippen LogP contribution in [-0.4, -0.2) is 18.2 Å². The number of carbonyl (C=O) groups excluding carboxylic acids is 1. The van der Waals surface area contributed by atoms with Gasteiger partial charge in [-0.2, -0.15) is 0 Å². The van der Waals surface area contributed by atoms with Gasteiger partial charge in [0.1, 0.15) is 17.3 Å². The lowest BCUT2D eigenvalue weighted by Crippen LogP contribution is -2.15. The topological polar surface area (TPSA) is 64.4 Å². The average molecular weight is 264 g/mol. The van der Waals surface area contributed by atoms with Crippen molar-refractivity contribution >= 4 is 11.7 Å². The van der Waals surface area contributed by atoms with Crippen molar-refractivity contribution in [1.82, 2.24) is 5.16 Å². The molecule has 100 valence electrons. The van der Waals surface area contributed by atoms with E-state index < -0.39 is 5.82 Å². The summed E-state index contributed by atoms with van der Waals surface area (Å²) in [6.45, 7) is 1.72. The average Bonchev–Trinajstić information content (AvgIpc) is 2.75.